The van der Waals surface area contributed by atoms with E-state index in [-0.39, 0.29) is 5.92 Å². The number of ether oxygens (including phenoxy) is 1. The molecule has 1 aromatic heterocycles. The normalized spacial score (nSPS) is 10.6. The third-order valence-electron chi connectivity index (χ3n) is 3.35. The van der Waals surface area contributed by atoms with Crippen molar-refractivity contribution in [2.75, 3.05) is 24.5 Å². The molecular formula is C15H21N5O. The van der Waals surface area contributed by atoms with Gasteiger partial charge in [0.05, 0.1) is 7.11 Å². The minimum Gasteiger partial charge on any atom is -0.497 e. The second-order valence-corrected chi connectivity index (χ2v) is 5.02. The van der Waals surface area contributed by atoms with Crippen LogP contribution in [0.15, 0.2) is 30.6 Å². The van der Waals surface area contributed by atoms with E-state index in [2.05, 4.69) is 29.2 Å². The fraction of sp³-hybridized carbons (Fsp3) is 0.333. The van der Waals surface area contributed by atoms with Crippen molar-refractivity contribution in [3.05, 3.63) is 36.2 Å². The van der Waals surface area contributed by atoms with E-state index in [1.807, 2.05) is 36.2 Å². The van der Waals surface area contributed by atoms with Gasteiger partial charge in [-0.3, -0.25) is 0 Å². The topological polar surface area (TPSA) is 76.3 Å². The molecule has 1 aromatic carbocycles. The van der Waals surface area contributed by atoms with Crippen LogP contribution in [0.2, 0.25) is 0 Å². The Hall–Kier alpha value is -2.34. The lowest BCUT2D eigenvalue weighted by Crippen LogP contribution is -2.18. The number of hydrazine groups is 1. The molecule has 0 radical (unpaired) electrons. The summed E-state index contributed by atoms with van der Waals surface area (Å²) in [6.07, 6.45) is 1.51. The largest absolute Gasteiger partial charge is 0.497 e. The van der Waals surface area contributed by atoms with Gasteiger partial charge in [-0.1, -0.05) is 13.8 Å². The quantitative estimate of drug-likeness (QED) is 0.650. The Morgan fingerprint density at radius 1 is 1.19 bits per heavy atom. The number of benzene rings is 1. The maximum atomic E-state index is 5.56. The van der Waals surface area contributed by atoms with Crippen molar-refractivity contribution in [2.45, 2.75) is 19.8 Å². The zero-order valence-corrected chi connectivity index (χ0v) is 12.8. The first-order valence-electron chi connectivity index (χ1n) is 6.77. The summed E-state index contributed by atoms with van der Waals surface area (Å²) in [5, 5.41) is 0. The number of hydrogen-bond acceptors (Lipinski definition) is 6. The van der Waals surface area contributed by atoms with Gasteiger partial charge in [-0.2, -0.15) is 0 Å². The van der Waals surface area contributed by atoms with Crippen LogP contribution in [-0.4, -0.2) is 24.1 Å². The highest BCUT2D eigenvalue weighted by Gasteiger charge is 2.18. The molecule has 0 unspecified atom stereocenters. The van der Waals surface area contributed by atoms with Gasteiger partial charge in [0.25, 0.3) is 0 Å². The molecule has 0 bridgehead atoms. The highest BCUT2D eigenvalue weighted by Crippen LogP contribution is 2.33. The third kappa shape index (κ3) is 3.05. The average Bonchev–Trinajstić information content (AvgIpc) is 2.53. The van der Waals surface area contributed by atoms with Gasteiger partial charge in [0.2, 0.25) is 0 Å². The molecule has 0 aliphatic rings. The monoisotopic (exact) mass is 287 g/mol. The summed E-state index contributed by atoms with van der Waals surface area (Å²) in [5.74, 6) is 8.10. The molecule has 0 atom stereocenters. The van der Waals surface area contributed by atoms with Gasteiger partial charge in [-0.05, 0) is 30.2 Å². The predicted molar refractivity (Wildman–Crippen MR) is 85.0 cm³/mol. The summed E-state index contributed by atoms with van der Waals surface area (Å²) in [6, 6.07) is 7.82. The van der Waals surface area contributed by atoms with Crippen LogP contribution in [0.25, 0.3) is 0 Å². The second kappa shape index (κ2) is 6.41. The molecule has 6 nitrogen and oxygen atoms in total. The smallest absolute Gasteiger partial charge is 0.148 e. The van der Waals surface area contributed by atoms with Crippen molar-refractivity contribution in [3.8, 4) is 5.75 Å². The first-order chi connectivity index (χ1) is 10.1. The molecule has 0 saturated carbocycles. The van der Waals surface area contributed by atoms with E-state index in [9.17, 15) is 0 Å². The zero-order valence-electron chi connectivity index (χ0n) is 12.8. The van der Waals surface area contributed by atoms with Gasteiger partial charge in [0.1, 0.15) is 23.7 Å². The number of aromatic nitrogens is 2. The van der Waals surface area contributed by atoms with Gasteiger partial charge in [-0.15, -0.1) is 0 Å². The van der Waals surface area contributed by atoms with E-state index in [1.165, 1.54) is 6.33 Å². The Morgan fingerprint density at radius 3 is 2.38 bits per heavy atom. The predicted octanol–water partition coefficient (Wildman–Crippen LogP) is 2.66. The Labute approximate surface area is 124 Å². The second-order valence-electron chi connectivity index (χ2n) is 5.02. The van der Waals surface area contributed by atoms with E-state index in [0.29, 0.717) is 5.82 Å². The number of methoxy groups -OCH3 is 1. The third-order valence-corrected chi connectivity index (χ3v) is 3.35. The van der Waals surface area contributed by atoms with Crippen molar-refractivity contribution >= 4 is 17.3 Å². The molecule has 112 valence electrons. The van der Waals surface area contributed by atoms with Crippen LogP contribution in [0, 0.1) is 0 Å². The summed E-state index contributed by atoms with van der Waals surface area (Å²) in [7, 11) is 3.62. The molecule has 0 spiro atoms. The summed E-state index contributed by atoms with van der Waals surface area (Å²) >= 11 is 0. The Balaban J connectivity index is 2.44. The van der Waals surface area contributed by atoms with Crippen molar-refractivity contribution in [2.24, 2.45) is 5.84 Å². The van der Waals surface area contributed by atoms with Crippen LogP contribution in [0.3, 0.4) is 0 Å². The molecule has 21 heavy (non-hydrogen) atoms. The van der Waals surface area contributed by atoms with Gasteiger partial charge in [-0.25, -0.2) is 15.8 Å². The SMILES string of the molecule is COc1ccc(N(C)c2ncnc(NN)c2C(C)C)cc1. The van der Waals surface area contributed by atoms with Crippen LogP contribution in [0.4, 0.5) is 17.3 Å². The first-order valence-corrected chi connectivity index (χ1v) is 6.77. The highest BCUT2D eigenvalue weighted by molar-refractivity contribution is 5.67. The van der Waals surface area contributed by atoms with Crippen LogP contribution in [0.1, 0.15) is 25.3 Å². The van der Waals surface area contributed by atoms with Crippen LogP contribution in [-0.2, 0) is 0 Å². The Morgan fingerprint density at radius 2 is 1.86 bits per heavy atom. The minimum absolute atomic E-state index is 0.243. The summed E-state index contributed by atoms with van der Waals surface area (Å²) in [5.41, 5.74) is 4.64. The molecule has 6 heteroatoms. The fourth-order valence-electron chi connectivity index (χ4n) is 2.23. The number of nitrogens with one attached hydrogen (secondary N) is 1. The lowest BCUT2D eigenvalue weighted by molar-refractivity contribution is 0.415. The molecule has 0 fully saturated rings. The van der Waals surface area contributed by atoms with Crippen LogP contribution in [0.5, 0.6) is 5.75 Å². The number of nitrogens with zero attached hydrogens (tertiary/aromatic N) is 3. The summed E-state index contributed by atoms with van der Waals surface area (Å²) in [4.78, 5) is 10.6. The zero-order chi connectivity index (χ0) is 15.4. The molecule has 0 saturated heterocycles. The first kappa shape index (κ1) is 15.1. The van der Waals surface area contributed by atoms with Gasteiger partial charge in [0.15, 0.2) is 0 Å². The summed E-state index contributed by atoms with van der Waals surface area (Å²) in [6.45, 7) is 4.18. The van der Waals surface area contributed by atoms with E-state index in [1.54, 1.807) is 7.11 Å². The Bertz CT molecular complexity index is 598. The summed E-state index contributed by atoms with van der Waals surface area (Å²) < 4.78 is 5.18. The molecule has 0 amide bonds. The molecule has 3 N–H and O–H groups in total. The number of nitrogen functional groups attached to an aromatic ring is 1. The van der Waals surface area contributed by atoms with E-state index in [0.717, 1.165) is 22.8 Å². The van der Waals surface area contributed by atoms with Gasteiger partial charge in [0, 0.05) is 18.3 Å². The standard InChI is InChI=1S/C15H21N5O/c1-10(2)13-14(19-16)17-9-18-15(13)20(3)11-5-7-12(21-4)8-6-11/h5-10H,16H2,1-4H3,(H,17,18,19). The number of anilines is 3. The molecule has 2 rings (SSSR count). The molecule has 1 heterocycles. The number of nitrogens with two attached hydrogens (primary N) is 1. The number of hydrogen-bond donors (Lipinski definition) is 2. The maximum absolute atomic E-state index is 5.56. The molecule has 0 aliphatic heterocycles. The van der Waals surface area contributed by atoms with E-state index < -0.39 is 0 Å². The van der Waals surface area contributed by atoms with Crippen molar-refractivity contribution < 1.29 is 4.74 Å². The number of rotatable bonds is 5. The lowest BCUT2D eigenvalue weighted by atomic mass is 10.0. The van der Waals surface area contributed by atoms with Gasteiger partial charge < -0.3 is 15.1 Å². The van der Waals surface area contributed by atoms with Crippen molar-refractivity contribution in [1.29, 1.82) is 0 Å². The van der Waals surface area contributed by atoms with Crippen molar-refractivity contribution in [1.82, 2.24) is 9.97 Å². The molecule has 2 aromatic rings. The van der Waals surface area contributed by atoms with Crippen LogP contribution < -0.4 is 20.9 Å². The lowest BCUT2D eigenvalue weighted by Gasteiger charge is -2.24. The molecule has 0 aliphatic carbocycles. The van der Waals surface area contributed by atoms with Crippen LogP contribution >= 0.6 is 0 Å². The fourth-order valence-corrected chi connectivity index (χ4v) is 2.23. The van der Waals surface area contributed by atoms with Gasteiger partial charge >= 0.3 is 0 Å². The highest BCUT2D eigenvalue weighted by atomic mass is 16.5. The van der Waals surface area contributed by atoms with E-state index >= 15 is 0 Å². The minimum atomic E-state index is 0.243. The Kier molecular flexibility index (Phi) is 4.59. The average molecular weight is 287 g/mol. The maximum Gasteiger partial charge on any atom is 0.148 e. The molecular weight excluding hydrogens is 266 g/mol. The van der Waals surface area contributed by atoms with E-state index in [4.69, 9.17) is 10.6 Å². The van der Waals surface area contributed by atoms with Crippen molar-refractivity contribution in [3.63, 3.8) is 0 Å².